The second kappa shape index (κ2) is 30.3. The first-order valence-electron chi connectivity index (χ1n) is 17.2. The number of hydrogen-bond acceptors (Lipinski definition) is 5. The Bertz CT molecular complexity index is 479. The molecule has 0 N–H and O–H groups in total. The SMILES string of the molecule is CCCCCCCCCCCCCC(=O)OCCCCCCCCCCCCCC(OCC)(OCC)OCC. The number of rotatable bonds is 32. The van der Waals surface area contributed by atoms with Crippen molar-refractivity contribution in [2.75, 3.05) is 26.4 Å². The highest BCUT2D eigenvalue weighted by Crippen LogP contribution is 2.24. The monoisotopic (exact) mass is 557 g/mol. The lowest BCUT2D eigenvalue weighted by atomic mass is 10.0. The summed E-state index contributed by atoms with van der Waals surface area (Å²) in [6.45, 7) is 10.6. The van der Waals surface area contributed by atoms with E-state index in [9.17, 15) is 4.79 Å². The second-order valence-electron chi connectivity index (χ2n) is 11.1. The van der Waals surface area contributed by atoms with Gasteiger partial charge in [0.15, 0.2) is 0 Å². The van der Waals surface area contributed by atoms with Gasteiger partial charge in [-0.15, -0.1) is 0 Å². The van der Waals surface area contributed by atoms with Gasteiger partial charge in [-0.25, -0.2) is 0 Å². The number of esters is 1. The number of ether oxygens (including phenoxy) is 4. The average Bonchev–Trinajstić information content (AvgIpc) is 2.92. The minimum Gasteiger partial charge on any atom is -0.466 e. The van der Waals surface area contributed by atoms with Crippen LogP contribution in [-0.2, 0) is 23.7 Å². The fraction of sp³-hybridized carbons (Fsp3) is 0.971. The van der Waals surface area contributed by atoms with Gasteiger partial charge in [-0.2, -0.15) is 0 Å². The standard InChI is InChI=1S/C34H68O5/c1-5-9-10-11-12-13-15-18-21-24-27-30-33(35)36-32-29-26-23-20-17-14-16-19-22-25-28-31-34(37-6-2,38-7-3)39-8-4/h5-32H2,1-4H3. The lowest BCUT2D eigenvalue weighted by molar-refractivity contribution is -0.380. The summed E-state index contributed by atoms with van der Waals surface area (Å²) in [7, 11) is 0. The smallest absolute Gasteiger partial charge is 0.305 e. The first-order valence-corrected chi connectivity index (χ1v) is 17.2. The number of carbonyl (C=O) groups is 1. The Labute approximate surface area is 243 Å². The van der Waals surface area contributed by atoms with E-state index in [1.807, 2.05) is 20.8 Å². The number of carbonyl (C=O) groups excluding carboxylic acids is 1. The van der Waals surface area contributed by atoms with E-state index in [1.54, 1.807) is 0 Å². The Morgan fingerprint density at radius 3 is 1.23 bits per heavy atom. The van der Waals surface area contributed by atoms with Crippen molar-refractivity contribution < 1.29 is 23.7 Å². The summed E-state index contributed by atoms with van der Waals surface area (Å²) >= 11 is 0. The average molecular weight is 557 g/mol. The zero-order valence-electron chi connectivity index (χ0n) is 26.8. The Kier molecular flexibility index (Phi) is 29.8. The zero-order valence-corrected chi connectivity index (χ0v) is 26.8. The molecule has 0 aromatic carbocycles. The van der Waals surface area contributed by atoms with Gasteiger partial charge < -0.3 is 18.9 Å². The minimum atomic E-state index is -0.844. The molecule has 0 heterocycles. The van der Waals surface area contributed by atoms with Crippen molar-refractivity contribution in [2.45, 2.75) is 188 Å². The summed E-state index contributed by atoms with van der Waals surface area (Å²) in [5.41, 5.74) is 0. The molecule has 0 aliphatic carbocycles. The van der Waals surface area contributed by atoms with Gasteiger partial charge in [0.2, 0.25) is 0 Å². The van der Waals surface area contributed by atoms with E-state index < -0.39 is 5.97 Å². The molecular formula is C34H68O5. The molecule has 0 spiro atoms. The van der Waals surface area contributed by atoms with Crippen LogP contribution in [0.2, 0.25) is 0 Å². The largest absolute Gasteiger partial charge is 0.466 e. The Morgan fingerprint density at radius 1 is 0.462 bits per heavy atom. The Hall–Kier alpha value is -0.650. The molecule has 234 valence electrons. The van der Waals surface area contributed by atoms with Gasteiger partial charge in [0, 0.05) is 32.7 Å². The molecule has 0 saturated heterocycles. The third kappa shape index (κ3) is 26.0. The Morgan fingerprint density at radius 2 is 0.821 bits per heavy atom. The molecule has 0 amide bonds. The molecule has 39 heavy (non-hydrogen) atoms. The molecular weight excluding hydrogens is 488 g/mol. The van der Waals surface area contributed by atoms with Crippen LogP contribution in [0.15, 0.2) is 0 Å². The van der Waals surface area contributed by atoms with Crippen LogP contribution in [0.1, 0.15) is 182 Å². The maximum absolute atomic E-state index is 11.9. The van der Waals surface area contributed by atoms with E-state index in [0.717, 1.165) is 25.7 Å². The molecule has 0 aliphatic rings. The minimum absolute atomic E-state index is 0.00489. The maximum Gasteiger partial charge on any atom is 0.305 e. The van der Waals surface area contributed by atoms with Crippen molar-refractivity contribution in [2.24, 2.45) is 0 Å². The van der Waals surface area contributed by atoms with Crippen LogP contribution in [0.5, 0.6) is 0 Å². The molecule has 5 nitrogen and oxygen atoms in total. The normalized spacial score (nSPS) is 11.8. The fourth-order valence-electron chi connectivity index (χ4n) is 5.23. The number of hydrogen-bond donors (Lipinski definition) is 0. The molecule has 0 saturated carbocycles. The van der Waals surface area contributed by atoms with Crippen molar-refractivity contribution in [3.63, 3.8) is 0 Å². The van der Waals surface area contributed by atoms with Crippen LogP contribution in [0.25, 0.3) is 0 Å². The van der Waals surface area contributed by atoms with E-state index in [1.165, 1.54) is 122 Å². The van der Waals surface area contributed by atoms with Gasteiger partial charge in [0.25, 0.3) is 5.97 Å². The molecule has 0 bridgehead atoms. The molecule has 5 heteroatoms. The van der Waals surface area contributed by atoms with Crippen molar-refractivity contribution in [1.29, 1.82) is 0 Å². The van der Waals surface area contributed by atoms with Crippen LogP contribution < -0.4 is 0 Å². The Balaban J connectivity index is 3.40. The molecule has 0 rings (SSSR count). The number of unbranched alkanes of at least 4 members (excludes halogenated alkanes) is 20. The van der Waals surface area contributed by atoms with Gasteiger partial charge >= 0.3 is 5.97 Å². The third-order valence-electron chi connectivity index (χ3n) is 7.47. The highest BCUT2D eigenvalue weighted by atomic mass is 16.9. The summed E-state index contributed by atoms with van der Waals surface area (Å²) in [6.07, 6.45) is 29.4. The van der Waals surface area contributed by atoms with E-state index in [0.29, 0.717) is 32.8 Å². The molecule has 0 radical (unpaired) electrons. The topological polar surface area (TPSA) is 54.0 Å². The molecule has 0 fully saturated rings. The van der Waals surface area contributed by atoms with Crippen LogP contribution in [0.4, 0.5) is 0 Å². The van der Waals surface area contributed by atoms with E-state index in [4.69, 9.17) is 18.9 Å². The second-order valence-corrected chi connectivity index (χ2v) is 11.1. The van der Waals surface area contributed by atoms with Gasteiger partial charge in [0.05, 0.1) is 6.61 Å². The predicted molar refractivity (Wildman–Crippen MR) is 165 cm³/mol. The fourth-order valence-corrected chi connectivity index (χ4v) is 5.23. The highest BCUT2D eigenvalue weighted by molar-refractivity contribution is 5.69. The summed E-state index contributed by atoms with van der Waals surface area (Å²) in [4.78, 5) is 11.9. The first-order chi connectivity index (χ1) is 19.1. The van der Waals surface area contributed by atoms with Crippen LogP contribution in [-0.4, -0.2) is 38.4 Å². The lowest BCUT2D eigenvalue weighted by Crippen LogP contribution is -2.39. The van der Waals surface area contributed by atoms with E-state index >= 15 is 0 Å². The van der Waals surface area contributed by atoms with Crippen LogP contribution in [0.3, 0.4) is 0 Å². The van der Waals surface area contributed by atoms with Crippen molar-refractivity contribution in [3.05, 3.63) is 0 Å². The van der Waals surface area contributed by atoms with Gasteiger partial charge in [-0.1, -0.05) is 129 Å². The summed E-state index contributed by atoms with van der Waals surface area (Å²) in [6, 6.07) is 0. The van der Waals surface area contributed by atoms with Crippen LogP contribution >= 0.6 is 0 Å². The quantitative estimate of drug-likeness (QED) is 0.0468. The summed E-state index contributed by atoms with van der Waals surface area (Å²) in [5, 5.41) is 0. The summed E-state index contributed by atoms with van der Waals surface area (Å²) < 4.78 is 22.8. The van der Waals surface area contributed by atoms with Crippen LogP contribution in [0, 0.1) is 0 Å². The maximum atomic E-state index is 11.9. The summed E-state index contributed by atoms with van der Waals surface area (Å²) in [5.74, 6) is -0.839. The van der Waals surface area contributed by atoms with E-state index in [-0.39, 0.29) is 5.97 Å². The van der Waals surface area contributed by atoms with Gasteiger partial charge in [0.1, 0.15) is 0 Å². The van der Waals surface area contributed by atoms with Gasteiger partial charge in [-0.3, -0.25) is 4.79 Å². The third-order valence-corrected chi connectivity index (χ3v) is 7.47. The van der Waals surface area contributed by atoms with E-state index in [2.05, 4.69) is 6.92 Å². The molecule has 0 unspecified atom stereocenters. The molecule has 0 aliphatic heterocycles. The van der Waals surface area contributed by atoms with Crippen molar-refractivity contribution >= 4 is 5.97 Å². The first kappa shape index (κ1) is 38.4. The van der Waals surface area contributed by atoms with Gasteiger partial charge in [-0.05, 0) is 40.0 Å². The molecule has 0 atom stereocenters. The molecule has 0 aromatic heterocycles. The lowest BCUT2D eigenvalue weighted by Gasteiger charge is -2.32. The highest BCUT2D eigenvalue weighted by Gasteiger charge is 2.31. The van der Waals surface area contributed by atoms with Crippen molar-refractivity contribution in [1.82, 2.24) is 0 Å². The molecule has 0 aromatic rings. The zero-order chi connectivity index (χ0) is 28.7. The van der Waals surface area contributed by atoms with Crippen molar-refractivity contribution in [3.8, 4) is 0 Å². The predicted octanol–water partition coefficient (Wildman–Crippen LogP) is 10.7.